The zero-order valence-electron chi connectivity index (χ0n) is 16.9. The van der Waals surface area contributed by atoms with Crippen molar-refractivity contribution in [2.75, 3.05) is 11.9 Å². The molecule has 1 aliphatic rings. The first kappa shape index (κ1) is 21.8. The summed E-state index contributed by atoms with van der Waals surface area (Å²) in [6.45, 7) is 3.12. The molecule has 6 nitrogen and oxygen atoms in total. The Hall–Kier alpha value is -2.42. The van der Waals surface area contributed by atoms with Gasteiger partial charge in [-0.15, -0.1) is 10.2 Å². The van der Waals surface area contributed by atoms with Gasteiger partial charge in [0.15, 0.2) is 11.0 Å². The van der Waals surface area contributed by atoms with Crippen molar-refractivity contribution in [2.45, 2.75) is 42.8 Å². The Morgan fingerprint density at radius 1 is 1.32 bits per heavy atom. The fourth-order valence-electron chi connectivity index (χ4n) is 3.37. The normalized spacial score (nSPS) is 16.9. The van der Waals surface area contributed by atoms with Gasteiger partial charge in [-0.1, -0.05) is 29.4 Å². The van der Waals surface area contributed by atoms with Crippen LogP contribution >= 0.6 is 23.4 Å². The predicted octanol–water partition coefficient (Wildman–Crippen LogP) is 5.04. The molecule has 31 heavy (non-hydrogen) atoms. The zero-order valence-corrected chi connectivity index (χ0v) is 18.5. The molecule has 2 aromatic carbocycles. The van der Waals surface area contributed by atoms with Crippen molar-refractivity contribution < 1.29 is 13.9 Å². The summed E-state index contributed by atoms with van der Waals surface area (Å²) >= 11 is 7.32. The van der Waals surface area contributed by atoms with Crippen molar-refractivity contribution in [2.24, 2.45) is 0 Å². The third-order valence-corrected chi connectivity index (χ3v) is 6.29. The second-order valence-electron chi connectivity index (χ2n) is 7.32. The largest absolute Gasteiger partial charge is 0.376 e. The highest BCUT2D eigenvalue weighted by Gasteiger charge is 2.24. The van der Waals surface area contributed by atoms with Crippen LogP contribution in [0.25, 0.3) is 11.4 Å². The van der Waals surface area contributed by atoms with Crippen LogP contribution in [0.1, 0.15) is 19.8 Å². The minimum atomic E-state index is -0.424. The van der Waals surface area contributed by atoms with E-state index in [1.54, 1.807) is 36.4 Å². The van der Waals surface area contributed by atoms with E-state index < -0.39 is 5.25 Å². The molecule has 0 saturated carbocycles. The SMILES string of the molecule is CC(Sc1nnc(-c2ccc(F)cc2)n1CC1CCCO1)C(=O)Nc1cccc(Cl)c1. The Bertz CT molecular complexity index is 1050. The number of carbonyl (C=O) groups is 1. The lowest BCUT2D eigenvalue weighted by atomic mass is 10.2. The van der Waals surface area contributed by atoms with Gasteiger partial charge in [-0.3, -0.25) is 9.36 Å². The van der Waals surface area contributed by atoms with Crippen LogP contribution in [-0.4, -0.2) is 38.6 Å². The molecule has 3 aromatic rings. The number of amides is 1. The molecule has 1 N–H and O–H groups in total. The average Bonchev–Trinajstić information content (AvgIpc) is 3.40. The number of thioether (sulfide) groups is 1. The van der Waals surface area contributed by atoms with Crippen LogP contribution < -0.4 is 5.32 Å². The number of ether oxygens (including phenoxy) is 1. The quantitative estimate of drug-likeness (QED) is 0.500. The molecule has 9 heteroatoms. The number of anilines is 1. The smallest absolute Gasteiger partial charge is 0.237 e. The number of aromatic nitrogens is 3. The molecule has 0 radical (unpaired) electrons. The number of hydrogen-bond donors (Lipinski definition) is 1. The summed E-state index contributed by atoms with van der Waals surface area (Å²) in [5, 5.41) is 12.3. The van der Waals surface area contributed by atoms with Crippen molar-refractivity contribution in [3.8, 4) is 11.4 Å². The number of carbonyl (C=O) groups excluding carboxylic acids is 1. The summed E-state index contributed by atoms with van der Waals surface area (Å²) in [4.78, 5) is 12.7. The fraction of sp³-hybridized carbons (Fsp3) is 0.318. The van der Waals surface area contributed by atoms with Crippen LogP contribution in [0, 0.1) is 5.82 Å². The Morgan fingerprint density at radius 2 is 2.13 bits per heavy atom. The van der Waals surface area contributed by atoms with Gasteiger partial charge in [0.05, 0.1) is 17.9 Å². The number of nitrogens with zero attached hydrogens (tertiary/aromatic N) is 3. The Morgan fingerprint density at radius 3 is 2.84 bits per heavy atom. The van der Waals surface area contributed by atoms with Crippen LogP contribution in [-0.2, 0) is 16.1 Å². The van der Waals surface area contributed by atoms with E-state index >= 15 is 0 Å². The van der Waals surface area contributed by atoms with Gasteiger partial charge in [-0.25, -0.2) is 4.39 Å². The average molecular weight is 461 g/mol. The predicted molar refractivity (Wildman–Crippen MR) is 120 cm³/mol. The number of rotatable bonds is 7. The Kier molecular flexibility index (Phi) is 6.89. The molecular weight excluding hydrogens is 439 g/mol. The van der Waals surface area contributed by atoms with Crippen molar-refractivity contribution in [3.05, 3.63) is 59.4 Å². The molecule has 1 aliphatic heterocycles. The van der Waals surface area contributed by atoms with Crippen LogP contribution in [0.2, 0.25) is 5.02 Å². The van der Waals surface area contributed by atoms with E-state index in [-0.39, 0.29) is 17.8 Å². The molecule has 0 spiro atoms. The molecule has 1 amide bonds. The van der Waals surface area contributed by atoms with Crippen LogP contribution in [0.4, 0.5) is 10.1 Å². The lowest BCUT2D eigenvalue weighted by Crippen LogP contribution is -2.23. The summed E-state index contributed by atoms with van der Waals surface area (Å²) in [7, 11) is 0. The van der Waals surface area contributed by atoms with Gasteiger partial charge in [0.2, 0.25) is 5.91 Å². The molecule has 0 aliphatic carbocycles. The van der Waals surface area contributed by atoms with Gasteiger partial charge in [0.25, 0.3) is 0 Å². The van der Waals surface area contributed by atoms with E-state index in [0.29, 0.717) is 28.2 Å². The van der Waals surface area contributed by atoms with Crippen LogP contribution in [0.5, 0.6) is 0 Å². The topological polar surface area (TPSA) is 69.0 Å². The first-order valence-electron chi connectivity index (χ1n) is 10.0. The minimum absolute atomic E-state index is 0.0603. The molecule has 1 aromatic heterocycles. The van der Waals surface area contributed by atoms with Gasteiger partial charge in [0, 0.05) is 22.9 Å². The van der Waals surface area contributed by atoms with Gasteiger partial charge in [-0.2, -0.15) is 0 Å². The van der Waals surface area contributed by atoms with Crippen molar-refractivity contribution in [1.82, 2.24) is 14.8 Å². The van der Waals surface area contributed by atoms with E-state index in [1.807, 2.05) is 11.5 Å². The van der Waals surface area contributed by atoms with Crippen LogP contribution in [0.15, 0.2) is 53.7 Å². The highest BCUT2D eigenvalue weighted by molar-refractivity contribution is 8.00. The monoisotopic (exact) mass is 460 g/mol. The van der Waals surface area contributed by atoms with Gasteiger partial charge in [-0.05, 0) is 62.2 Å². The molecule has 1 fully saturated rings. The lowest BCUT2D eigenvalue weighted by molar-refractivity contribution is -0.115. The molecule has 2 heterocycles. The second kappa shape index (κ2) is 9.80. The summed E-state index contributed by atoms with van der Waals surface area (Å²) < 4.78 is 21.1. The molecule has 162 valence electrons. The first-order valence-corrected chi connectivity index (χ1v) is 11.3. The van der Waals surface area contributed by atoms with Gasteiger partial charge < -0.3 is 10.1 Å². The van der Waals surface area contributed by atoms with E-state index in [2.05, 4.69) is 15.5 Å². The van der Waals surface area contributed by atoms with Gasteiger partial charge >= 0.3 is 0 Å². The number of hydrogen-bond acceptors (Lipinski definition) is 5. The summed E-state index contributed by atoms with van der Waals surface area (Å²) in [5.41, 5.74) is 1.40. The molecule has 4 rings (SSSR count). The van der Waals surface area contributed by atoms with Crippen LogP contribution in [0.3, 0.4) is 0 Å². The van der Waals surface area contributed by atoms with Crippen molar-refractivity contribution in [1.29, 1.82) is 0 Å². The molecule has 2 atom stereocenters. The molecule has 2 unspecified atom stereocenters. The second-order valence-corrected chi connectivity index (χ2v) is 9.06. The van der Waals surface area contributed by atoms with E-state index in [4.69, 9.17) is 16.3 Å². The third-order valence-electron chi connectivity index (χ3n) is 4.97. The van der Waals surface area contributed by atoms with E-state index in [9.17, 15) is 9.18 Å². The minimum Gasteiger partial charge on any atom is -0.376 e. The highest BCUT2D eigenvalue weighted by atomic mass is 35.5. The Labute approximate surface area is 189 Å². The number of nitrogens with one attached hydrogen (secondary N) is 1. The summed E-state index contributed by atoms with van der Waals surface area (Å²) in [5.74, 6) is 0.151. The molecule has 1 saturated heterocycles. The maximum Gasteiger partial charge on any atom is 0.237 e. The highest BCUT2D eigenvalue weighted by Crippen LogP contribution is 2.29. The summed E-state index contributed by atoms with van der Waals surface area (Å²) in [6.07, 6.45) is 2.03. The third kappa shape index (κ3) is 5.44. The maximum absolute atomic E-state index is 13.4. The first-order chi connectivity index (χ1) is 15.0. The summed E-state index contributed by atoms with van der Waals surface area (Å²) in [6, 6.07) is 13.2. The molecular formula is C22H22ClFN4O2S. The van der Waals surface area contributed by atoms with Gasteiger partial charge in [0.1, 0.15) is 5.82 Å². The standard InChI is InChI=1S/C22H22ClFN4O2S/c1-14(21(29)25-18-5-2-4-16(23)12-18)31-22-27-26-20(15-7-9-17(24)10-8-15)28(22)13-19-6-3-11-30-19/h2,4-5,7-10,12,14,19H,3,6,11,13H2,1H3,(H,25,29). The molecule has 0 bridgehead atoms. The maximum atomic E-state index is 13.4. The van der Waals surface area contributed by atoms with Crippen molar-refractivity contribution >= 4 is 35.0 Å². The number of benzene rings is 2. The van der Waals surface area contributed by atoms with Crippen molar-refractivity contribution in [3.63, 3.8) is 0 Å². The lowest BCUT2D eigenvalue weighted by Gasteiger charge is -2.16. The van der Waals surface area contributed by atoms with E-state index in [0.717, 1.165) is 25.0 Å². The fourth-order valence-corrected chi connectivity index (χ4v) is 4.42. The van der Waals surface area contributed by atoms with E-state index in [1.165, 1.54) is 23.9 Å². The zero-order chi connectivity index (χ0) is 21.8. The number of halogens is 2. The Balaban J connectivity index is 1.54.